The Morgan fingerprint density at radius 3 is 2.82 bits per heavy atom. The first kappa shape index (κ1) is 11.4. The molecule has 0 amide bonds. The maximum Gasteiger partial charge on any atom is 0.122 e. The Kier molecular flexibility index (Phi) is 3.03. The minimum Gasteiger partial charge on any atom is -0.493 e. The van der Waals surface area contributed by atoms with Crippen LogP contribution in [0.2, 0.25) is 4.34 Å². The fourth-order valence-corrected chi connectivity index (χ4v) is 3.62. The number of benzene rings is 1. The topological polar surface area (TPSA) is 9.23 Å². The molecule has 0 aliphatic carbocycles. The maximum atomic E-state index is 6.53. The van der Waals surface area contributed by atoms with Crippen molar-refractivity contribution in [1.29, 1.82) is 0 Å². The molecule has 1 nitrogen and oxygen atoms in total. The monoisotopic (exact) mass is 284 g/mol. The smallest absolute Gasteiger partial charge is 0.122 e. The van der Waals surface area contributed by atoms with Crippen LogP contribution in [0.3, 0.4) is 0 Å². The SMILES string of the molecule is Clc1ccc(C(Cl)C2COc3ccccc32)s1. The fraction of sp³-hybridized carbons (Fsp3) is 0.231. The number of fused-ring (bicyclic) bond motifs is 1. The molecule has 0 fully saturated rings. The summed E-state index contributed by atoms with van der Waals surface area (Å²) in [6, 6.07) is 11.9. The van der Waals surface area contributed by atoms with E-state index in [0.717, 1.165) is 15.0 Å². The summed E-state index contributed by atoms with van der Waals surface area (Å²) in [4.78, 5) is 1.10. The zero-order valence-electron chi connectivity index (χ0n) is 8.90. The third kappa shape index (κ3) is 2.05. The lowest BCUT2D eigenvalue weighted by Crippen LogP contribution is -2.06. The van der Waals surface area contributed by atoms with Gasteiger partial charge in [0.05, 0.1) is 16.3 Å². The number of rotatable bonds is 2. The fourth-order valence-electron chi connectivity index (χ4n) is 2.10. The Morgan fingerprint density at radius 1 is 1.24 bits per heavy atom. The predicted octanol–water partition coefficient (Wildman–Crippen LogP) is 4.86. The van der Waals surface area contributed by atoms with Gasteiger partial charge in [0.2, 0.25) is 0 Å². The average Bonchev–Trinajstić information content (AvgIpc) is 2.94. The van der Waals surface area contributed by atoms with Gasteiger partial charge in [0.1, 0.15) is 5.75 Å². The van der Waals surface area contributed by atoms with Crippen molar-refractivity contribution >= 4 is 34.5 Å². The molecular weight excluding hydrogens is 275 g/mol. The number of ether oxygens (including phenoxy) is 1. The van der Waals surface area contributed by atoms with Gasteiger partial charge in [-0.3, -0.25) is 0 Å². The van der Waals surface area contributed by atoms with Gasteiger partial charge in [0.15, 0.2) is 0 Å². The Morgan fingerprint density at radius 2 is 2.06 bits per heavy atom. The van der Waals surface area contributed by atoms with Gasteiger partial charge in [-0.15, -0.1) is 22.9 Å². The van der Waals surface area contributed by atoms with Gasteiger partial charge >= 0.3 is 0 Å². The molecule has 4 heteroatoms. The molecule has 2 unspecified atom stereocenters. The van der Waals surface area contributed by atoms with Gasteiger partial charge in [-0.25, -0.2) is 0 Å². The van der Waals surface area contributed by atoms with Crippen LogP contribution in [-0.4, -0.2) is 6.61 Å². The Bertz CT molecular complexity index is 538. The molecular formula is C13H10Cl2OS. The van der Waals surface area contributed by atoms with E-state index < -0.39 is 0 Å². The van der Waals surface area contributed by atoms with Gasteiger partial charge < -0.3 is 4.74 Å². The van der Waals surface area contributed by atoms with Crippen molar-refractivity contribution in [3.63, 3.8) is 0 Å². The number of para-hydroxylation sites is 1. The summed E-state index contributed by atoms with van der Waals surface area (Å²) in [5, 5.41) is -0.0730. The Balaban J connectivity index is 1.92. The number of halogens is 2. The van der Waals surface area contributed by atoms with Gasteiger partial charge in [-0.2, -0.15) is 0 Å². The van der Waals surface area contributed by atoms with Crippen LogP contribution in [-0.2, 0) is 0 Å². The minimum atomic E-state index is -0.0730. The third-order valence-electron chi connectivity index (χ3n) is 2.96. The molecule has 2 aromatic rings. The van der Waals surface area contributed by atoms with Crippen LogP contribution in [0.4, 0.5) is 0 Å². The Labute approximate surface area is 114 Å². The number of alkyl halides is 1. The number of hydrogen-bond donors (Lipinski definition) is 0. The van der Waals surface area contributed by atoms with Crippen LogP contribution in [0, 0.1) is 0 Å². The summed E-state index contributed by atoms with van der Waals surface area (Å²) >= 11 is 14.0. The van der Waals surface area contributed by atoms with Crippen LogP contribution in [0.1, 0.15) is 21.7 Å². The quantitative estimate of drug-likeness (QED) is 0.716. The lowest BCUT2D eigenvalue weighted by atomic mass is 9.97. The van der Waals surface area contributed by atoms with E-state index in [4.69, 9.17) is 27.9 Å². The van der Waals surface area contributed by atoms with E-state index in [1.165, 1.54) is 16.9 Å². The second-order valence-corrected chi connectivity index (χ2v) is 6.22. The maximum absolute atomic E-state index is 6.53. The summed E-state index contributed by atoms with van der Waals surface area (Å²) in [6.07, 6.45) is 0. The molecule has 88 valence electrons. The second-order valence-electron chi connectivity index (χ2n) is 4.00. The van der Waals surface area contributed by atoms with Crippen LogP contribution >= 0.6 is 34.5 Å². The largest absolute Gasteiger partial charge is 0.493 e. The highest BCUT2D eigenvalue weighted by molar-refractivity contribution is 7.16. The zero-order valence-corrected chi connectivity index (χ0v) is 11.2. The van der Waals surface area contributed by atoms with Gasteiger partial charge in [0, 0.05) is 16.4 Å². The molecule has 1 aromatic heterocycles. The molecule has 17 heavy (non-hydrogen) atoms. The lowest BCUT2D eigenvalue weighted by Gasteiger charge is -2.14. The molecule has 2 atom stereocenters. The number of thiophene rings is 1. The molecule has 2 heterocycles. The van der Waals surface area contributed by atoms with E-state index in [2.05, 4.69) is 6.07 Å². The second kappa shape index (κ2) is 4.52. The predicted molar refractivity (Wildman–Crippen MR) is 72.6 cm³/mol. The lowest BCUT2D eigenvalue weighted by molar-refractivity contribution is 0.328. The standard InChI is InChI=1S/C13H10Cl2OS/c14-12-6-5-11(17-12)13(15)9-7-16-10-4-2-1-3-8(9)10/h1-6,9,13H,7H2. The van der Waals surface area contributed by atoms with Crippen LogP contribution in [0.15, 0.2) is 36.4 Å². The normalized spacial score (nSPS) is 19.8. The average molecular weight is 285 g/mol. The highest BCUT2D eigenvalue weighted by atomic mass is 35.5. The molecule has 1 aliphatic heterocycles. The van der Waals surface area contributed by atoms with Crippen molar-refractivity contribution < 1.29 is 4.74 Å². The first-order valence-electron chi connectivity index (χ1n) is 5.37. The van der Waals surface area contributed by atoms with Crippen LogP contribution < -0.4 is 4.74 Å². The molecule has 0 radical (unpaired) electrons. The van der Waals surface area contributed by atoms with E-state index in [0.29, 0.717) is 6.61 Å². The van der Waals surface area contributed by atoms with E-state index in [-0.39, 0.29) is 11.3 Å². The van der Waals surface area contributed by atoms with E-state index in [1.54, 1.807) is 0 Å². The molecule has 0 N–H and O–H groups in total. The van der Waals surface area contributed by atoms with Crippen molar-refractivity contribution in [1.82, 2.24) is 0 Å². The van der Waals surface area contributed by atoms with Gasteiger partial charge in [-0.05, 0) is 18.2 Å². The molecule has 3 rings (SSSR count). The van der Waals surface area contributed by atoms with E-state index >= 15 is 0 Å². The first-order chi connectivity index (χ1) is 8.25. The number of hydrogen-bond acceptors (Lipinski definition) is 2. The minimum absolute atomic E-state index is 0.0730. The third-order valence-corrected chi connectivity index (χ3v) is 4.94. The van der Waals surface area contributed by atoms with E-state index in [9.17, 15) is 0 Å². The highest BCUT2D eigenvalue weighted by Crippen LogP contribution is 2.46. The molecule has 1 aromatic carbocycles. The van der Waals surface area contributed by atoms with Crippen molar-refractivity contribution in [3.05, 3.63) is 51.2 Å². The van der Waals surface area contributed by atoms with Crippen molar-refractivity contribution in [2.75, 3.05) is 6.61 Å². The summed E-state index contributed by atoms with van der Waals surface area (Å²) in [7, 11) is 0. The molecule has 0 saturated carbocycles. The molecule has 0 saturated heterocycles. The van der Waals surface area contributed by atoms with Crippen LogP contribution in [0.5, 0.6) is 5.75 Å². The van der Waals surface area contributed by atoms with E-state index in [1.807, 2.05) is 30.3 Å². The van der Waals surface area contributed by atoms with Gasteiger partial charge in [-0.1, -0.05) is 29.8 Å². The van der Waals surface area contributed by atoms with Crippen molar-refractivity contribution in [2.45, 2.75) is 11.3 Å². The van der Waals surface area contributed by atoms with Crippen LogP contribution in [0.25, 0.3) is 0 Å². The zero-order chi connectivity index (χ0) is 11.8. The Hall–Kier alpha value is -0.700. The molecule has 1 aliphatic rings. The van der Waals surface area contributed by atoms with Crippen molar-refractivity contribution in [3.8, 4) is 5.75 Å². The summed E-state index contributed by atoms with van der Waals surface area (Å²) < 4.78 is 6.42. The highest BCUT2D eigenvalue weighted by Gasteiger charge is 2.31. The molecule has 0 bridgehead atoms. The first-order valence-corrected chi connectivity index (χ1v) is 7.00. The summed E-state index contributed by atoms with van der Waals surface area (Å²) in [5.41, 5.74) is 1.19. The van der Waals surface area contributed by atoms with Gasteiger partial charge in [0.25, 0.3) is 0 Å². The molecule has 0 spiro atoms. The van der Waals surface area contributed by atoms with Crippen molar-refractivity contribution in [2.24, 2.45) is 0 Å². The summed E-state index contributed by atoms with van der Waals surface area (Å²) in [5.74, 6) is 1.16. The summed E-state index contributed by atoms with van der Waals surface area (Å²) in [6.45, 7) is 0.642.